The van der Waals surface area contributed by atoms with Crippen LogP contribution in [0.25, 0.3) is 0 Å². The molecular formula is C25H34N2O2S. The summed E-state index contributed by atoms with van der Waals surface area (Å²) in [5.74, 6) is 1.01. The van der Waals surface area contributed by atoms with Gasteiger partial charge in [0.1, 0.15) is 6.04 Å². The van der Waals surface area contributed by atoms with Gasteiger partial charge in [0.05, 0.1) is 0 Å². The predicted molar refractivity (Wildman–Crippen MR) is 125 cm³/mol. The molecule has 2 rings (SSSR count). The van der Waals surface area contributed by atoms with Crippen molar-refractivity contribution in [3.8, 4) is 0 Å². The van der Waals surface area contributed by atoms with Crippen molar-refractivity contribution in [3.63, 3.8) is 0 Å². The number of hydrogen-bond donors (Lipinski definition) is 1. The highest BCUT2D eigenvalue weighted by atomic mass is 32.2. The van der Waals surface area contributed by atoms with Crippen molar-refractivity contribution in [3.05, 3.63) is 65.7 Å². The summed E-state index contributed by atoms with van der Waals surface area (Å²) in [6.45, 7) is 9.21. The second-order valence-corrected chi connectivity index (χ2v) is 9.15. The first-order valence-electron chi connectivity index (χ1n) is 10.7. The third-order valence-electron chi connectivity index (χ3n) is 4.87. The molecule has 0 bridgehead atoms. The summed E-state index contributed by atoms with van der Waals surface area (Å²) in [5, 5.41) is 3.01. The van der Waals surface area contributed by atoms with Crippen LogP contribution in [0.15, 0.2) is 59.5 Å². The number of nitrogens with one attached hydrogen (secondary N) is 1. The van der Waals surface area contributed by atoms with Crippen LogP contribution in [0.5, 0.6) is 0 Å². The minimum absolute atomic E-state index is 0.0190. The van der Waals surface area contributed by atoms with Gasteiger partial charge in [0, 0.05) is 30.2 Å². The Labute approximate surface area is 185 Å². The molecule has 0 radical (unpaired) electrons. The van der Waals surface area contributed by atoms with Gasteiger partial charge in [-0.2, -0.15) is 0 Å². The molecule has 1 atom stereocenters. The highest BCUT2D eigenvalue weighted by molar-refractivity contribution is 7.99. The lowest BCUT2D eigenvalue weighted by Crippen LogP contribution is -2.49. The summed E-state index contributed by atoms with van der Waals surface area (Å²) in [7, 11) is 0. The summed E-state index contributed by atoms with van der Waals surface area (Å²) in [4.78, 5) is 28.9. The van der Waals surface area contributed by atoms with Crippen molar-refractivity contribution in [1.29, 1.82) is 0 Å². The Morgan fingerprint density at radius 2 is 1.70 bits per heavy atom. The zero-order chi connectivity index (χ0) is 21.9. The largest absolute Gasteiger partial charge is 0.354 e. The van der Waals surface area contributed by atoms with E-state index in [0.717, 1.165) is 10.5 Å². The van der Waals surface area contributed by atoms with Gasteiger partial charge in [0.25, 0.3) is 0 Å². The molecule has 0 fully saturated rings. The fourth-order valence-corrected chi connectivity index (χ4v) is 4.01. The Morgan fingerprint density at radius 1 is 1.03 bits per heavy atom. The zero-order valence-corrected chi connectivity index (χ0v) is 19.4. The highest BCUT2D eigenvalue weighted by Gasteiger charge is 2.28. The topological polar surface area (TPSA) is 49.4 Å². The molecule has 0 aliphatic rings. The van der Waals surface area contributed by atoms with E-state index in [2.05, 4.69) is 19.2 Å². The van der Waals surface area contributed by atoms with Crippen LogP contribution in [-0.4, -0.2) is 35.1 Å². The SMILES string of the molecule is CC[C@H](C(=O)NCC(C)C)N(Cc1ccc(C)cc1)C(=O)CCSc1ccccc1. The molecule has 5 heteroatoms. The van der Waals surface area contributed by atoms with E-state index in [9.17, 15) is 9.59 Å². The number of thioether (sulfide) groups is 1. The number of amides is 2. The molecule has 30 heavy (non-hydrogen) atoms. The van der Waals surface area contributed by atoms with Crippen molar-refractivity contribution in [2.45, 2.75) is 58.0 Å². The molecule has 0 spiro atoms. The van der Waals surface area contributed by atoms with Crippen LogP contribution in [0.4, 0.5) is 0 Å². The van der Waals surface area contributed by atoms with Crippen LogP contribution < -0.4 is 5.32 Å². The lowest BCUT2D eigenvalue weighted by Gasteiger charge is -2.31. The van der Waals surface area contributed by atoms with Gasteiger partial charge in [-0.05, 0) is 37.0 Å². The second kappa shape index (κ2) is 12.4. The van der Waals surface area contributed by atoms with Crippen molar-refractivity contribution in [2.24, 2.45) is 5.92 Å². The van der Waals surface area contributed by atoms with Gasteiger partial charge < -0.3 is 10.2 Å². The maximum absolute atomic E-state index is 13.2. The molecule has 0 saturated heterocycles. The van der Waals surface area contributed by atoms with Gasteiger partial charge in [-0.15, -0.1) is 11.8 Å². The molecule has 4 nitrogen and oxygen atoms in total. The number of hydrogen-bond acceptors (Lipinski definition) is 3. The highest BCUT2D eigenvalue weighted by Crippen LogP contribution is 2.20. The van der Waals surface area contributed by atoms with E-state index < -0.39 is 6.04 Å². The summed E-state index contributed by atoms with van der Waals surface area (Å²) in [6, 6.07) is 17.8. The average Bonchev–Trinajstić information content (AvgIpc) is 2.74. The number of rotatable bonds is 11. The summed E-state index contributed by atoms with van der Waals surface area (Å²) in [5.41, 5.74) is 2.22. The summed E-state index contributed by atoms with van der Waals surface area (Å²) < 4.78 is 0. The first-order chi connectivity index (χ1) is 14.4. The van der Waals surface area contributed by atoms with Crippen LogP contribution in [0, 0.1) is 12.8 Å². The lowest BCUT2D eigenvalue weighted by molar-refractivity contribution is -0.141. The maximum Gasteiger partial charge on any atom is 0.242 e. The lowest BCUT2D eigenvalue weighted by atomic mass is 10.1. The molecule has 0 heterocycles. The Bertz CT molecular complexity index is 791. The summed E-state index contributed by atoms with van der Waals surface area (Å²) in [6.07, 6.45) is 0.993. The molecule has 0 aromatic heterocycles. The van der Waals surface area contributed by atoms with Gasteiger partial charge in [-0.3, -0.25) is 9.59 Å². The van der Waals surface area contributed by atoms with Gasteiger partial charge in [-0.25, -0.2) is 0 Å². The molecule has 162 valence electrons. The molecule has 2 amide bonds. The van der Waals surface area contributed by atoms with Gasteiger partial charge in [0.2, 0.25) is 11.8 Å². The van der Waals surface area contributed by atoms with E-state index in [1.165, 1.54) is 5.56 Å². The van der Waals surface area contributed by atoms with Crippen LogP contribution in [-0.2, 0) is 16.1 Å². The molecule has 0 unspecified atom stereocenters. The Hall–Kier alpha value is -2.27. The quantitative estimate of drug-likeness (QED) is 0.511. The third kappa shape index (κ3) is 7.86. The van der Waals surface area contributed by atoms with Gasteiger partial charge in [0.15, 0.2) is 0 Å². The normalized spacial score (nSPS) is 11.9. The smallest absolute Gasteiger partial charge is 0.242 e. The van der Waals surface area contributed by atoms with Gasteiger partial charge in [-0.1, -0.05) is 68.8 Å². The van der Waals surface area contributed by atoms with E-state index in [-0.39, 0.29) is 11.8 Å². The van der Waals surface area contributed by atoms with Crippen LogP contribution in [0.3, 0.4) is 0 Å². The zero-order valence-electron chi connectivity index (χ0n) is 18.6. The average molecular weight is 427 g/mol. The number of benzene rings is 2. The number of carbonyl (C=O) groups is 2. The monoisotopic (exact) mass is 426 g/mol. The third-order valence-corrected chi connectivity index (χ3v) is 5.89. The van der Waals surface area contributed by atoms with Crippen molar-refractivity contribution < 1.29 is 9.59 Å². The minimum atomic E-state index is -0.459. The molecule has 0 aliphatic carbocycles. The standard InChI is InChI=1S/C25H34N2O2S/c1-5-23(25(29)26-17-19(2)3)27(18-21-13-11-20(4)12-14-21)24(28)15-16-30-22-9-7-6-8-10-22/h6-14,19,23H,5,15-18H2,1-4H3,(H,26,29)/t23-/m1/s1. The van der Waals surface area contributed by atoms with E-state index in [1.54, 1.807) is 16.7 Å². The van der Waals surface area contributed by atoms with E-state index in [1.807, 2.05) is 68.4 Å². The van der Waals surface area contributed by atoms with Crippen LogP contribution in [0.1, 0.15) is 44.7 Å². The Kier molecular flexibility index (Phi) is 9.95. The van der Waals surface area contributed by atoms with E-state index >= 15 is 0 Å². The fourth-order valence-electron chi connectivity index (χ4n) is 3.15. The van der Waals surface area contributed by atoms with Crippen LogP contribution >= 0.6 is 11.8 Å². The first kappa shape index (κ1) is 24.0. The fraction of sp³-hybridized carbons (Fsp3) is 0.440. The summed E-state index contributed by atoms with van der Waals surface area (Å²) >= 11 is 1.67. The molecule has 2 aromatic rings. The molecule has 2 aromatic carbocycles. The van der Waals surface area contributed by atoms with Crippen molar-refractivity contribution in [2.75, 3.05) is 12.3 Å². The second-order valence-electron chi connectivity index (χ2n) is 7.98. The van der Waals surface area contributed by atoms with Crippen molar-refractivity contribution >= 4 is 23.6 Å². The number of nitrogens with zero attached hydrogens (tertiary/aromatic N) is 1. The molecule has 0 aliphatic heterocycles. The molecule has 0 saturated carbocycles. The van der Waals surface area contributed by atoms with Crippen LogP contribution in [0.2, 0.25) is 0 Å². The first-order valence-corrected chi connectivity index (χ1v) is 11.7. The Morgan fingerprint density at radius 3 is 2.30 bits per heavy atom. The maximum atomic E-state index is 13.2. The molecule has 1 N–H and O–H groups in total. The van der Waals surface area contributed by atoms with Gasteiger partial charge >= 0.3 is 0 Å². The van der Waals surface area contributed by atoms with Crippen molar-refractivity contribution in [1.82, 2.24) is 10.2 Å². The molecular weight excluding hydrogens is 392 g/mol. The predicted octanol–water partition coefficient (Wildman–Crippen LogP) is 5.06. The Balaban J connectivity index is 2.10. The number of aryl methyl sites for hydroxylation is 1. The van der Waals surface area contributed by atoms with E-state index in [0.29, 0.717) is 37.6 Å². The van der Waals surface area contributed by atoms with E-state index in [4.69, 9.17) is 0 Å². The minimum Gasteiger partial charge on any atom is -0.354 e. The number of carbonyl (C=O) groups excluding carboxylic acids is 2.